The van der Waals surface area contributed by atoms with Gasteiger partial charge in [0.25, 0.3) is 0 Å². The first-order valence-electron chi connectivity index (χ1n) is 9.46. The van der Waals surface area contributed by atoms with Crippen LogP contribution in [-0.2, 0) is 6.54 Å². The zero-order chi connectivity index (χ0) is 20.5. The summed E-state index contributed by atoms with van der Waals surface area (Å²) in [4.78, 5) is 0. The summed E-state index contributed by atoms with van der Waals surface area (Å²) in [6, 6.07) is 18.7. The third kappa shape index (κ3) is 3.78. The van der Waals surface area contributed by atoms with Gasteiger partial charge in [0, 0.05) is 5.56 Å². The molecule has 0 unspecified atom stereocenters. The van der Waals surface area contributed by atoms with Gasteiger partial charge in [0.05, 0.1) is 29.0 Å². The first-order chi connectivity index (χ1) is 14.0. The van der Waals surface area contributed by atoms with E-state index in [-0.39, 0.29) is 6.04 Å². The third-order valence-corrected chi connectivity index (χ3v) is 6.05. The van der Waals surface area contributed by atoms with Gasteiger partial charge in [0.1, 0.15) is 0 Å². The number of benzene rings is 2. The fourth-order valence-corrected chi connectivity index (χ4v) is 3.94. The summed E-state index contributed by atoms with van der Waals surface area (Å²) in [5.74, 6) is 0.826. The fraction of sp³-hybridized carbons (Fsp3) is 0.227. The Hall–Kier alpha value is -2.70. The number of halogens is 1. The molecule has 4 aromatic rings. The predicted molar refractivity (Wildman–Crippen MR) is 119 cm³/mol. The Bertz CT molecular complexity index is 1190. The minimum absolute atomic E-state index is 0.0777. The van der Waals surface area contributed by atoms with E-state index in [4.69, 9.17) is 23.8 Å². The van der Waals surface area contributed by atoms with E-state index < -0.39 is 0 Å². The summed E-state index contributed by atoms with van der Waals surface area (Å²) in [6.45, 7) is 6.71. The lowest BCUT2D eigenvalue weighted by molar-refractivity contribution is 0.635. The standard InChI is InChI=1S/C22H22ClN5S/c1-14-20(23)16(3)27(26-14)13-17-9-11-19(12-10-17)21-24-25-22(29)28(21)15(2)18-7-5-4-6-8-18/h4-12,15H,13H2,1-3H3,(H,25,29)/t15-/m0/s1. The molecule has 4 rings (SSSR count). The molecule has 5 nitrogen and oxygen atoms in total. The number of nitrogens with one attached hydrogen (secondary N) is 1. The Kier molecular flexibility index (Phi) is 5.39. The predicted octanol–water partition coefficient (Wildman–Crippen LogP) is 5.73. The summed E-state index contributed by atoms with van der Waals surface area (Å²) in [5.41, 5.74) is 5.17. The monoisotopic (exact) mass is 423 g/mol. The largest absolute Gasteiger partial charge is 0.293 e. The Morgan fingerprint density at radius 2 is 1.76 bits per heavy atom. The SMILES string of the molecule is Cc1nn(Cc2ccc(-c3n[nH]c(=S)n3[C@@H](C)c3ccccc3)cc2)c(C)c1Cl. The summed E-state index contributed by atoms with van der Waals surface area (Å²) in [7, 11) is 0. The molecule has 0 bridgehead atoms. The van der Waals surface area contributed by atoms with Crippen LogP contribution in [0.3, 0.4) is 0 Å². The summed E-state index contributed by atoms with van der Waals surface area (Å²) in [5, 5.41) is 12.7. The summed E-state index contributed by atoms with van der Waals surface area (Å²) < 4.78 is 4.60. The minimum atomic E-state index is 0.0777. The second kappa shape index (κ2) is 7.97. The first kappa shape index (κ1) is 19.6. The molecule has 0 aliphatic heterocycles. The number of aromatic nitrogens is 5. The van der Waals surface area contributed by atoms with Crippen molar-refractivity contribution in [3.05, 3.63) is 86.9 Å². The van der Waals surface area contributed by atoms with Crippen molar-refractivity contribution in [2.45, 2.75) is 33.4 Å². The number of hydrogen-bond acceptors (Lipinski definition) is 3. The van der Waals surface area contributed by atoms with Gasteiger partial charge < -0.3 is 0 Å². The van der Waals surface area contributed by atoms with Crippen LogP contribution < -0.4 is 0 Å². The lowest BCUT2D eigenvalue weighted by Gasteiger charge is -2.16. The van der Waals surface area contributed by atoms with E-state index in [0.29, 0.717) is 11.3 Å². The maximum Gasteiger partial charge on any atom is 0.196 e. The van der Waals surface area contributed by atoms with E-state index in [2.05, 4.69) is 63.2 Å². The molecule has 148 valence electrons. The van der Waals surface area contributed by atoms with Crippen LogP contribution in [0.25, 0.3) is 11.4 Å². The zero-order valence-corrected chi connectivity index (χ0v) is 18.1. The number of H-pyrrole nitrogens is 1. The maximum absolute atomic E-state index is 6.26. The van der Waals surface area contributed by atoms with Gasteiger partial charge in [-0.05, 0) is 44.1 Å². The van der Waals surface area contributed by atoms with E-state index in [9.17, 15) is 0 Å². The molecule has 0 aliphatic carbocycles. The van der Waals surface area contributed by atoms with Crippen LogP contribution >= 0.6 is 23.8 Å². The third-order valence-electron chi connectivity index (χ3n) is 5.21. The van der Waals surface area contributed by atoms with Gasteiger partial charge in [0.15, 0.2) is 10.6 Å². The molecule has 0 saturated carbocycles. The van der Waals surface area contributed by atoms with Crippen molar-refractivity contribution in [2.75, 3.05) is 0 Å². The van der Waals surface area contributed by atoms with Crippen molar-refractivity contribution in [3.63, 3.8) is 0 Å². The maximum atomic E-state index is 6.26. The number of rotatable bonds is 5. The van der Waals surface area contributed by atoms with Crippen molar-refractivity contribution in [3.8, 4) is 11.4 Å². The van der Waals surface area contributed by atoms with Crippen molar-refractivity contribution in [2.24, 2.45) is 0 Å². The van der Waals surface area contributed by atoms with E-state index >= 15 is 0 Å². The number of aryl methyl sites for hydroxylation is 1. The first-order valence-corrected chi connectivity index (χ1v) is 10.2. The smallest absolute Gasteiger partial charge is 0.196 e. The Morgan fingerprint density at radius 3 is 2.38 bits per heavy atom. The van der Waals surface area contributed by atoms with Crippen LogP contribution in [0.4, 0.5) is 0 Å². The van der Waals surface area contributed by atoms with E-state index in [1.54, 1.807) is 0 Å². The number of nitrogens with zero attached hydrogens (tertiary/aromatic N) is 4. The van der Waals surface area contributed by atoms with Gasteiger partial charge in [0.2, 0.25) is 0 Å². The molecule has 0 amide bonds. The highest BCUT2D eigenvalue weighted by molar-refractivity contribution is 7.71. The molecule has 0 aliphatic rings. The van der Waals surface area contributed by atoms with Gasteiger partial charge in [-0.2, -0.15) is 10.2 Å². The van der Waals surface area contributed by atoms with E-state index in [1.165, 1.54) is 5.56 Å². The van der Waals surface area contributed by atoms with Crippen LogP contribution in [0.2, 0.25) is 5.02 Å². The van der Waals surface area contributed by atoms with Gasteiger partial charge in [-0.15, -0.1) is 0 Å². The quantitative estimate of drug-likeness (QED) is 0.417. The molecule has 1 N–H and O–H groups in total. The van der Waals surface area contributed by atoms with Crippen molar-refractivity contribution in [1.82, 2.24) is 24.5 Å². The topological polar surface area (TPSA) is 51.4 Å². The highest BCUT2D eigenvalue weighted by atomic mass is 35.5. The van der Waals surface area contributed by atoms with Crippen LogP contribution in [0.5, 0.6) is 0 Å². The normalized spacial score (nSPS) is 12.3. The summed E-state index contributed by atoms with van der Waals surface area (Å²) >= 11 is 11.8. The lowest BCUT2D eigenvalue weighted by atomic mass is 10.1. The van der Waals surface area contributed by atoms with Crippen molar-refractivity contribution in [1.29, 1.82) is 0 Å². The fourth-order valence-electron chi connectivity index (χ4n) is 3.51. The van der Waals surface area contributed by atoms with Gasteiger partial charge >= 0.3 is 0 Å². The Balaban J connectivity index is 1.63. The van der Waals surface area contributed by atoms with Crippen molar-refractivity contribution >= 4 is 23.8 Å². The minimum Gasteiger partial charge on any atom is -0.293 e. The van der Waals surface area contributed by atoms with Crippen LogP contribution in [0.15, 0.2) is 54.6 Å². The second-order valence-corrected chi connectivity index (χ2v) is 7.91. The average molecular weight is 424 g/mol. The molecule has 0 fully saturated rings. The number of hydrogen-bond donors (Lipinski definition) is 1. The van der Waals surface area contributed by atoms with E-state index in [0.717, 1.165) is 33.4 Å². The van der Waals surface area contributed by atoms with Crippen LogP contribution in [0, 0.1) is 18.6 Å². The molecular formula is C22H22ClN5S. The van der Waals surface area contributed by atoms with Gasteiger partial charge in [-0.25, -0.2) is 0 Å². The molecule has 2 heterocycles. The van der Waals surface area contributed by atoms with Gasteiger partial charge in [-0.1, -0.05) is 66.2 Å². The van der Waals surface area contributed by atoms with E-state index in [1.807, 2.05) is 36.7 Å². The Labute approximate surface area is 180 Å². The zero-order valence-electron chi connectivity index (χ0n) is 16.6. The summed E-state index contributed by atoms with van der Waals surface area (Å²) in [6.07, 6.45) is 0. The molecule has 0 saturated heterocycles. The molecule has 7 heteroatoms. The van der Waals surface area contributed by atoms with Crippen molar-refractivity contribution < 1.29 is 0 Å². The second-order valence-electron chi connectivity index (χ2n) is 7.15. The average Bonchev–Trinajstić information content (AvgIpc) is 3.24. The highest BCUT2D eigenvalue weighted by Crippen LogP contribution is 2.26. The molecule has 0 radical (unpaired) electrons. The molecule has 2 aromatic carbocycles. The molecule has 2 aromatic heterocycles. The molecular weight excluding hydrogens is 402 g/mol. The Morgan fingerprint density at radius 1 is 1.07 bits per heavy atom. The van der Waals surface area contributed by atoms with Gasteiger partial charge in [-0.3, -0.25) is 14.3 Å². The van der Waals surface area contributed by atoms with Crippen LogP contribution in [0.1, 0.15) is 35.5 Å². The molecule has 29 heavy (non-hydrogen) atoms. The number of aromatic amines is 1. The highest BCUT2D eigenvalue weighted by Gasteiger charge is 2.16. The molecule has 1 atom stereocenters. The molecule has 0 spiro atoms. The van der Waals surface area contributed by atoms with Crippen LogP contribution in [-0.4, -0.2) is 24.5 Å². The lowest BCUT2D eigenvalue weighted by Crippen LogP contribution is -2.09.